The number of carbonyl (C=O) groups excluding carboxylic acids is 2. The molecule has 0 aliphatic carbocycles. The van der Waals surface area contributed by atoms with Gasteiger partial charge in [0.2, 0.25) is 0 Å². The average molecular weight is 402 g/mol. The summed E-state index contributed by atoms with van der Waals surface area (Å²) < 4.78 is 0.798. The van der Waals surface area contributed by atoms with Gasteiger partial charge >= 0.3 is 0 Å². The van der Waals surface area contributed by atoms with Gasteiger partial charge in [0.1, 0.15) is 6.07 Å². The van der Waals surface area contributed by atoms with E-state index in [2.05, 4.69) is 26.6 Å². The van der Waals surface area contributed by atoms with E-state index >= 15 is 0 Å². The fourth-order valence-electron chi connectivity index (χ4n) is 2.25. The van der Waals surface area contributed by atoms with E-state index in [4.69, 9.17) is 5.26 Å². The van der Waals surface area contributed by atoms with Crippen molar-refractivity contribution in [2.24, 2.45) is 0 Å². The predicted octanol–water partition coefficient (Wildman–Crippen LogP) is 1.41. The molecule has 3 N–H and O–H groups in total. The van der Waals surface area contributed by atoms with Crippen molar-refractivity contribution in [3.8, 4) is 6.07 Å². The Morgan fingerprint density at radius 2 is 1.52 bits per heavy atom. The van der Waals surface area contributed by atoms with Crippen molar-refractivity contribution in [3.63, 3.8) is 0 Å². The maximum Gasteiger partial charge on any atom is 0.279 e. The van der Waals surface area contributed by atoms with Gasteiger partial charge in [0.25, 0.3) is 11.8 Å². The maximum atomic E-state index is 12.1. The van der Waals surface area contributed by atoms with Crippen molar-refractivity contribution in [1.82, 2.24) is 0 Å². The zero-order valence-corrected chi connectivity index (χ0v) is 15.3. The van der Waals surface area contributed by atoms with Gasteiger partial charge in [0.05, 0.1) is 24.0 Å². The van der Waals surface area contributed by atoms with E-state index in [0.717, 1.165) is 9.37 Å². The number of halogens is 1. The highest BCUT2D eigenvalue weighted by Crippen LogP contribution is 2.20. The molecule has 2 rings (SSSR count). The third kappa shape index (κ3) is 5.71. The quantitative estimate of drug-likeness (QED) is 0.683. The Bertz CT molecular complexity index is 817. The molecule has 2 aromatic carbocycles. The molecular formula is C18H18BrN4O2+. The SMILES string of the molecule is C[NH+](CC(=O)Nc1ccccc1Br)CC(=O)Nc1ccccc1C#N. The van der Waals surface area contributed by atoms with Gasteiger partial charge in [0, 0.05) is 4.47 Å². The van der Waals surface area contributed by atoms with Crippen LogP contribution in [0.4, 0.5) is 11.4 Å². The molecule has 0 aromatic heterocycles. The molecule has 0 saturated carbocycles. The number of rotatable bonds is 6. The summed E-state index contributed by atoms with van der Waals surface area (Å²) in [7, 11) is 1.76. The zero-order valence-electron chi connectivity index (χ0n) is 13.7. The van der Waals surface area contributed by atoms with Gasteiger partial charge < -0.3 is 15.5 Å². The molecule has 25 heavy (non-hydrogen) atoms. The number of anilines is 2. The Labute approximate surface area is 154 Å². The van der Waals surface area contributed by atoms with Crippen LogP contribution in [0, 0.1) is 11.3 Å². The minimum absolute atomic E-state index is 0.114. The molecule has 0 aliphatic heterocycles. The Morgan fingerprint density at radius 3 is 2.12 bits per heavy atom. The average Bonchev–Trinajstić information content (AvgIpc) is 2.57. The number of nitrogens with one attached hydrogen (secondary N) is 3. The molecule has 0 heterocycles. The van der Waals surface area contributed by atoms with Crippen LogP contribution in [0.15, 0.2) is 53.0 Å². The first-order chi connectivity index (χ1) is 12.0. The highest BCUT2D eigenvalue weighted by molar-refractivity contribution is 9.10. The molecule has 6 nitrogen and oxygen atoms in total. The van der Waals surface area contributed by atoms with Crippen LogP contribution in [-0.4, -0.2) is 32.0 Å². The first-order valence-corrected chi connectivity index (χ1v) is 8.43. The van der Waals surface area contributed by atoms with Crippen LogP contribution in [-0.2, 0) is 9.59 Å². The topological polar surface area (TPSA) is 86.4 Å². The van der Waals surface area contributed by atoms with Crippen LogP contribution in [0.5, 0.6) is 0 Å². The van der Waals surface area contributed by atoms with Gasteiger partial charge in [-0.05, 0) is 40.2 Å². The van der Waals surface area contributed by atoms with Gasteiger partial charge in [-0.15, -0.1) is 0 Å². The van der Waals surface area contributed by atoms with Crippen molar-refractivity contribution < 1.29 is 14.5 Å². The van der Waals surface area contributed by atoms with Crippen LogP contribution in [0.3, 0.4) is 0 Å². The lowest BCUT2D eigenvalue weighted by Crippen LogP contribution is -3.11. The summed E-state index contributed by atoms with van der Waals surface area (Å²) >= 11 is 3.37. The van der Waals surface area contributed by atoms with Crippen molar-refractivity contribution >= 4 is 39.1 Å². The number of nitrogens with zero attached hydrogens (tertiary/aromatic N) is 1. The molecule has 1 atom stereocenters. The zero-order chi connectivity index (χ0) is 18.2. The summed E-state index contributed by atoms with van der Waals surface area (Å²) in [4.78, 5) is 24.9. The Hall–Kier alpha value is -2.69. The second-order valence-electron chi connectivity index (χ2n) is 5.54. The molecule has 0 fully saturated rings. The first-order valence-electron chi connectivity index (χ1n) is 7.64. The van der Waals surface area contributed by atoms with Crippen LogP contribution in [0.25, 0.3) is 0 Å². The summed E-state index contributed by atoms with van der Waals surface area (Å²) in [6.45, 7) is 0.262. The summed E-state index contributed by atoms with van der Waals surface area (Å²) in [6, 6.07) is 16.1. The molecule has 1 unspecified atom stereocenters. The van der Waals surface area contributed by atoms with E-state index in [-0.39, 0.29) is 24.9 Å². The number of benzene rings is 2. The minimum atomic E-state index is -0.256. The molecular weight excluding hydrogens is 384 g/mol. The molecule has 0 saturated heterocycles. The van der Waals surface area contributed by atoms with Crippen molar-refractivity contribution in [2.75, 3.05) is 30.8 Å². The number of hydrogen-bond acceptors (Lipinski definition) is 3. The fourth-order valence-corrected chi connectivity index (χ4v) is 2.64. The molecule has 0 aliphatic rings. The van der Waals surface area contributed by atoms with E-state index < -0.39 is 0 Å². The Morgan fingerprint density at radius 1 is 1.00 bits per heavy atom. The second kappa shape index (κ2) is 8.97. The highest BCUT2D eigenvalue weighted by Gasteiger charge is 2.16. The van der Waals surface area contributed by atoms with E-state index in [9.17, 15) is 9.59 Å². The standard InChI is InChI=1S/C18H17BrN4O2/c1-23(12-18(25)22-16-9-5-3-7-14(16)19)11-17(24)21-15-8-4-2-6-13(15)10-20/h2-9H,11-12H2,1H3,(H,21,24)(H,22,25)/p+1. The third-order valence-corrected chi connectivity index (χ3v) is 4.09. The van der Waals surface area contributed by atoms with Gasteiger partial charge in [-0.25, -0.2) is 0 Å². The summed E-state index contributed by atoms with van der Waals surface area (Å²) in [5, 5.41) is 14.5. The van der Waals surface area contributed by atoms with Crippen LogP contribution in [0.1, 0.15) is 5.56 Å². The highest BCUT2D eigenvalue weighted by atomic mass is 79.9. The van der Waals surface area contributed by atoms with Crippen molar-refractivity contribution in [1.29, 1.82) is 5.26 Å². The van der Waals surface area contributed by atoms with Gasteiger partial charge in [0.15, 0.2) is 13.1 Å². The van der Waals surface area contributed by atoms with E-state index in [1.165, 1.54) is 0 Å². The number of likely N-dealkylation sites (N-methyl/N-ethyl adjacent to an activating group) is 1. The van der Waals surface area contributed by atoms with E-state index in [1.807, 2.05) is 24.3 Å². The normalized spacial score (nSPS) is 11.2. The summed E-state index contributed by atoms with van der Waals surface area (Å²) in [6.07, 6.45) is 0. The number of para-hydroxylation sites is 2. The largest absolute Gasteiger partial charge is 0.322 e. The number of nitriles is 1. The second-order valence-corrected chi connectivity index (χ2v) is 6.40. The summed E-state index contributed by atoms with van der Waals surface area (Å²) in [5.41, 5.74) is 1.56. The number of quaternary nitrogens is 1. The predicted molar refractivity (Wildman–Crippen MR) is 99.2 cm³/mol. The van der Waals surface area contributed by atoms with E-state index in [0.29, 0.717) is 16.9 Å². The smallest absolute Gasteiger partial charge is 0.279 e. The van der Waals surface area contributed by atoms with Gasteiger partial charge in [-0.3, -0.25) is 9.59 Å². The lowest BCUT2D eigenvalue weighted by Gasteiger charge is -2.14. The molecule has 0 radical (unpaired) electrons. The Balaban J connectivity index is 1.86. The number of carbonyl (C=O) groups is 2. The monoisotopic (exact) mass is 401 g/mol. The lowest BCUT2D eigenvalue weighted by atomic mass is 10.2. The van der Waals surface area contributed by atoms with Crippen molar-refractivity contribution in [2.45, 2.75) is 0 Å². The summed E-state index contributed by atoms with van der Waals surface area (Å²) in [5.74, 6) is -0.441. The van der Waals surface area contributed by atoms with Crippen molar-refractivity contribution in [3.05, 3.63) is 58.6 Å². The molecule has 128 valence electrons. The maximum absolute atomic E-state index is 12.1. The number of amides is 2. The molecule has 0 bridgehead atoms. The van der Waals surface area contributed by atoms with Gasteiger partial charge in [-0.1, -0.05) is 24.3 Å². The van der Waals surface area contributed by atoms with Crippen LogP contribution < -0.4 is 15.5 Å². The third-order valence-electron chi connectivity index (χ3n) is 3.39. The van der Waals surface area contributed by atoms with Crippen LogP contribution in [0.2, 0.25) is 0 Å². The van der Waals surface area contributed by atoms with Crippen LogP contribution >= 0.6 is 15.9 Å². The van der Waals surface area contributed by atoms with Gasteiger partial charge in [-0.2, -0.15) is 5.26 Å². The minimum Gasteiger partial charge on any atom is -0.322 e. The van der Waals surface area contributed by atoms with E-state index in [1.54, 1.807) is 37.4 Å². The molecule has 2 amide bonds. The number of hydrogen-bond donors (Lipinski definition) is 3. The Kier molecular flexibility index (Phi) is 6.69. The fraction of sp³-hybridized carbons (Fsp3) is 0.167. The molecule has 7 heteroatoms. The first kappa shape index (κ1) is 18.6. The molecule has 2 aromatic rings. The lowest BCUT2D eigenvalue weighted by molar-refractivity contribution is -0.862. The molecule has 0 spiro atoms.